The quantitative estimate of drug-likeness (QED) is 0.761. The fourth-order valence-electron chi connectivity index (χ4n) is 2.08. The summed E-state index contributed by atoms with van der Waals surface area (Å²) in [6, 6.07) is 10.6. The molecule has 3 rings (SSSR count). The van der Waals surface area contributed by atoms with E-state index in [9.17, 15) is 9.90 Å². The summed E-state index contributed by atoms with van der Waals surface area (Å²) in [5.74, 6) is -0.589. The highest BCUT2D eigenvalue weighted by Gasteiger charge is 2.16. The Labute approximate surface area is 123 Å². The van der Waals surface area contributed by atoms with Crippen molar-refractivity contribution in [2.45, 2.75) is 6.92 Å². The van der Waals surface area contributed by atoms with E-state index < -0.39 is 5.97 Å². The zero-order valence-corrected chi connectivity index (χ0v) is 12.1. The van der Waals surface area contributed by atoms with Crippen LogP contribution in [-0.4, -0.2) is 16.1 Å². The number of hydrogen-bond donors (Lipinski definition) is 1. The molecule has 1 aromatic heterocycles. The van der Waals surface area contributed by atoms with Gasteiger partial charge in [0.15, 0.2) is 5.58 Å². The van der Waals surface area contributed by atoms with E-state index in [4.69, 9.17) is 4.42 Å². The van der Waals surface area contributed by atoms with Crippen LogP contribution in [0.3, 0.4) is 0 Å². The Bertz CT molecular complexity index is 823. The maximum Gasteiger partial charge on any atom is 0.338 e. The molecule has 0 aliphatic heterocycles. The van der Waals surface area contributed by atoms with Gasteiger partial charge in [-0.1, -0.05) is 28.1 Å². The first-order valence-electron chi connectivity index (χ1n) is 5.96. The first kappa shape index (κ1) is 12.9. The third-order valence-electron chi connectivity index (χ3n) is 3.15. The summed E-state index contributed by atoms with van der Waals surface area (Å²) in [7, 11) is 0. The molecule has 0 amide bonds. The summed E-state index contributed by atoms with van der Waals surface area (Å²) in [6.07, 6.45) is 0. The summed E-state index contributed by atoms with van der Waals surface area (Å²) in [4.78, 5) is 15.5. The number of carboxylic acid groups (broad SMARTS) is 1. The Kier molecular flexibility index (Phi) is 3.06. The Hall–Kier alpha value is -2.14. The van der Waals surface area contributed by atoms with Crippen LogP contribution in [0.5, 0.6) is 0 Å². The molecule has 1 heterocycles. The fourth-order valence-corrected chi connectivity index (χ4v) is 2.44. The molecule has 2 aromatic carbocycles. The van der Waals surface area contributed by atoms with E-state index in [0.717, 1.165) is 15.6 Å². The van der Waals surface area contributed by atoms with Gasteiger partial charge in [-0.3, -0.25) is 0 Å². The van der Waals surface area contributed by atoms with E-state index in [1.165, 1.54) is 6.07 Å². The highest BCUT2D eigenvalue weighted by atomic mass is 79.9. The molecule has 5 heteroatoms. The van der Waals surface area contributed by atoms with Crippen molar-refractivity contribution < 1.29 is 14.3 Å². The SMILES string of the molecule is Cc1c(Br)cccc1-c1nc2c(C(=O)O)cccc2o1. The van der Waals surface area contributed by atoms with Crippen LogP contribution in [0.15, 0.2) is 45.3 Å². The number of carbonyl (C=O) groups is 1. The summed E-state index contributed by atoms with van der Waals surface area (Å²) >= 11 is 3.46. The van der Waals surface area contributed by atoms with Gasteiger partial charge < -0.3 is 9.52 Å². The highest BCUT2D eigenvalue weighted by Crippen LogP contribution is 2.31. The van der Waals surface area contributed by atoms with Crippen LogP contribution in [0.2, 0.25) is 0 Å². The molecule has 20 heavy (non-hydrogen) atoms. The van der Waals surface area contributed by atoms with Gasteiger partial charge in [-0.05, 0) is 36.8 Å². The van der Waals surface area contributed by atoms with Crippen LogP contribution >= 0.6 is 15.9 Å². The Morgan fingerprint density at radius 2 is 2.00 bits per heavy atom. The molecule has 0 unspecified atom stereocenters. The minimum absolute atomic E-state index is 0.144. The number of benzene rings is 2. The van der Waals surface area contributed by atoms with Crippen molar-refractivity contribution in [2.24, 2.45) is 0 Å². The average Bonchev–Trinajstić information content (AvgIpc) is 2.84. The maximum atomic E-state index is 11.2. The van der Waals surface area contributed by atoms with Gasteiger partial charge in [0.2, 0.25) is 5.89 Å². The Morgan fingerprint density at radius 3 is 2.75 bits per heavy atom. The third kappa shape index (κ3) is 2.00. The maximum absolute atomic E-state index is 11.2. The lowest BCUT2D eigenvalue weighted by molar-refractivity contribution is 0.0699. The second-order valence-electron chi connectivity index (χ2n) is 4.39. The van der Waals surface area contributed by atoms with Gasteiger partial charge in [0.25, 0.3) is 0 Å². The van der Waals surface area contributed by atoms with Gasteiger partial charge >= 0.3 is 5.97 Å². The van der Waals surface area contributed by atoms with Crippen molar-refractivity contribution in [3.8, 4) is 11.5 Å². The van der Waals surface area contributed by atoms with E-state index in [-0.39, 0.29) is 5.56 Å². The predicted molar refractivity (Wildman–Crippen MR) is 78.8 cm³/mol. The van der Waals surface area contributed by atoms with Gasteiger partial charge in [0.1, 0.15) is 5.52 Å². The molecule has 0 aliphatic carbocycles. The zero-order valence-electron chi connectivity index (χ0n) is 10.6. The number of nitrogens with zero attached hydrogens (tertiary/aromatic N) is 1. The number of halogens is 1. The molecular formula is C15H10BrNO3. The normalized spacial score (nSPS) is 10.9. The van der Waals surface area contributed by atoms with Gasteiger partial charge in [-0.15, -0.1) is 0 Å². The molecular weight excluding hydrogens is 322 g/mol. The van der Waals surface area contributed by atoms with E-state index in [1.807, 2.05) is 25.1 Å². The largest absolute Gasteiger partial charge is 0.478 e. The lowest BCUT2D eigenvalue weighted by Gasteiger charge is -2.02. The lowest BCUT2D eigenvalue weighted by Crippen LogP contribution is -1.96. The lowest BCUT2D eigenvalue weighted by atomic mass is 10.1. The van der Waals surface area contributed by atoms with Gasteiger partial charge in [0, 0.05) is 10.0 Å². The molecule has 3 aromatic rings. The minimum atomic E-state index is -1.01. The number of aromatic carboxylic acids is 1. The molecule has 0 saturated heterocycles. The van der Waals surface area contributed by atoms with Crippen molar-refractivity contribution in [1.82, 2.24) is 4.98 Å². The van der Waals surface area contributed by atoms with Crippen LogP contribution in [0, 0.1) is 6.92 Å². The van der Waals surface area contributed by atoms with E-state index >= 15 is 0 Å². The number of aromatic nitrogens is 1. The number of rotatable bonds is 2. The Morgan fingerprint density at radius 1 is 1.25 bits per heavy atom. The van der Waals surface area contributed by atoms with Crippen molar-refractivity contribution in [2.75, 3.05) is 0 Å². The summed E-state index contributed by atoms with van der Waals surface area (Å²) in [5, 5.41) is 9.17. The molecule has 1 N–H and O–H groups in total. The summed E-state index contributed by atoms with van der Waals surface area (Å²) in [6.45, 7) is 1.95. The van der Waals surface area contributed by atoms with Crippen LogP contribution in [0.25, 0.3) is 22.6 Å². The molecule has 4 nitrogen and oxygen atoms in total. The smallest absolute Gasteiger partial charge is 0.338 e. The topological polar surface area (TPSA) is 63.3 Å². The predicted octanol–water partition coefficient (Wildman–Crippen LogP) is 4.26. The van der Waals surface area contributed by atoms with Gasteiger partial charge in [-0.25, -0.2) is 9.78 Å². The standard InChI is InChI=1S/C15H10BrNO3/c1-8-9(4-2-6-11(8)16)14-17-13-10(15(18)19)5-3-7-12(13)20-14/h2-7H,1H3,(H,18,19). The molecule has 0 atom stereocenters. The van der Waals surface area contributed by atoms with E-state index in [2.05, 4.69) is 20.9 Å². The van der Waals surface area contributed by atoms with Crippen LogP contribution in [0.1, 0.15) is 15.9 Å². The van der Waals surface area contributed by atoms with Gasteiger partial charge in [0.05, 0.1) is 5.56 Å². The van der Waals surface area contributed by atoms with Crippen molar-refractivity contribution in [3.05, 3.63) is 52.0 Å². The molecule has 0 saturated carbocycles. The highest BCUT2D eigenvalue weighted by molar-refractivity contribution is 9.10. The zero-order chi connectivity index (χ0) is 14.3. The summed E-state index contributed by atoms with van der Waals surface area (Å²) in [5.41, 5.74) is 2.82. The average molecular weight is 332 g/mol. The monoisotopic (exact) mass is 331 g/mol. The van der Waals surface area contributed by atoms with Crippen LogP contribution in [0.4, 0.5) is 0 Å². The third-order valence-corrected chi connectivity index (χ3v) is 4.01. The van der Waals surface area contributed by atoms with Crippen molar-refractivity contribution in [3.63, 3.8) is 0 Å². The van der Waals surface area contributed by atoms with E-state index in [1.54, 1.807) is 12.1 Å². The van der Waals surface area contributed by atoms with Crippen molar-refractivity contribution in [1.29, 1.82) is 0 Å². The number of carboxylic acids is 1. The molecule has 0 fully saturated rings. The van der Waals surface area contributed by atoms with Gasteiger partial charge in [-0.2, -0.15) is 0 Å². The number of hydrogen-bond acceptors (Lipinski definition) is 3. The molecule has 0 radical (unpaired) electrons. The number of oxazole rings is 1. The van der Waals surface area contributed by atoms with Crippen LogP contribution in [-0.2, 0) is 0 Å². The molecule has 0 aliphatic rings. The number of para-hydroxylation sites is 1. The Balaban J connectivity index is 2.26. The molecule has 100 valence electrons. The number of fused-ring (bicyclic) bond motifs is 1. The first-order chi connectivity index (χ1) is 9.58. The fraction of sp³-hybridized carbons (Fsp3) is 0.0667. The van der Waals surface area contributed by atoms with Crippen LogP contribution < -0.4 is 0 Å². The molecule has 0 bridgehead atoms. The minimum Gasteiger partial charge on any atom is -0.478 e. The first-order valence-corrected chi connectivity index (χ1v) is 6.75. The second kappa shape index (κ2) is 4.76. The second-order valence-corrected chi connectivity index (χ2v) is 5.24. The van der Waals surface area contributed by atoms with E-state index in [0.29, 0.717) is 17.0 Å². The van der Waals surface area contributed by atoms with Crippen molar-refractivity contribution >= 4 is 33.0 Å². The summed E-state index contributed by atoms with van der Waals surface area (Å²) < 4.78 is 6.64. The molecule has 0 spiro atoms.